The number of hydrazone groups is 1. The summed E-state index contributed by atoms with van der Waals surface area (Å²) in [4.78, 5) is 12.1. The van der Waals surface area contributed by atoms with Crippen molar-refractivity contribution in [1.29, 1.82) is 0 Å². The van der Waals surface area contributed by atoms with Gasteiger partial charge < -0.3 is 4.74 Å². The number of ether oxygens (including phenoxy) is 1. The Bertz CT molecular complexity index is 973. The Balaban J connectivity index is 1.62. The van der Waals surface area contributed by atoms with Crippen LogP contribution >= 0.6 is 23.2 Å². The molecule has 3 aromatic rings. The lowest BCUT2D eigenvalue weighted by Crippen LogP contribution is -2.33. The van der Waals surface area contributed by atoms with Gasteiger partial charge in [-0.05, 0) is 35.9 Å². The first-order valence-electron chi connectivity index (χ1n) is 7.97. The quantitative estimate of drug-likeness (QED) is 0.491. The lowest BCUT2D eigenvalue weighted by Gasteiger charge is -2.13. The average Bonchev–Trinajstić information content (AvgIpc) is 2.65. The molecular formula is C20H16Cl2N2O2. The number of benzene rings is 3. The van der Waals surface area contributed by atoms with E-state index < -0.39 is 6.10 Å². The molecule has 0 aromatic heterocycles. The lowest BCUT2D eigenvalue weighted by atomic mass is 10.1. The molecule has 4 nitrogen and oxygen atoms in total. The summed E-state index contributed by atoms with van der Waals surface area (Å²) in [7, 11) is 0. The molecule has 3 rings (SSSR count). The van der Waals surface area contributed by atoms with Crippen molar-refractivity contribution in [3.63, 3.8) is 0 Å². The number of hydrogen-bond donors (Lipinski definition) is 1. The molecule has 0 aliphatic rings. The van der Waals surface area contributed by atoms with Gasteiger partial charge in [0.05, 0.1) is 16.3 Å². The highest BCUT2D eigenvalue weighted by atomic mass is 35.5. The molecule has 132 valence electrons. The lowest BCUT2D eigenvalue weighted by molar-refractivity contribution is -0.127. The SMILES string of the molecule is CC(Oc1ccc2ccccc2c1)C(=O)NN=Cc1cccc(Cl)c1Cl. The van der Waals surface area contributed by atoms with Crippen LogP contribution in [0.2, 0.25) is 10.0 Å². The summed E-state index contributed by atoms with van der Waals surface area (Å²) in [5.74, 6) is 0.251. The zero-order valence-corrected chi connectivity index (χ0v) is 15.5. The number of rotatable bonds is 5. The summed E-state index contributed by atoms with van der Waals surface area (Å²) in [6.07, 6.45) is 0.734. The van der Waals surface area contributed by atoms with E-state index in [2.05, 4.69) is 10.5 Å². The predicted molar refractivity (Wildman–Crippen MR) is 106 cm³/mol. The predicted octanol–water partition coefficient (Wildman–Crippen LogP) is 5.06. The van der Waals surface area contributed by atoms with E-state index in [4.69, 9.17) is 27.9 Å². The third-order valence-corrected chi connectivity index (χ3v) is 4.60. The van der Waals surface area contributed by atoms with Gasteiger partial charge in [0.25, 0.3) is 5.91 Å². The zero-order chi connectivity index (χ0) is 18.5. The Kier molecular flexibility index (Phi) is 5.76. The minimum atomic E-state index is -0.705. The fourth-order valence-electron chi connectivity index (χ4n) is 2.37. The Morgan fingerprint density at radius 3 is 2.65 bits per heavy atom. The van der Waals surface area contributed by atoms with Gasteiger partial charge in [0.2, 0.25) is 0 Å². The van der Waals surface area contributed by atoms with Gasteiger partial charge >= 0.3 is 0 Å². The van der Waals surface area contributed by atoms with E-state index in [1.165, 1.54) is 6.21 Å². The first-order valence-corrected chi connectivity index (χ1v) is 8.72. The second-order valence-corrected chi connectivity index (χ2v) is 6.43. The van der Waals surface area contributed by atoms with Crippen molar-refractivity contribution in [2.45, 2.75) is 13.0 Å². The van der Waals surface area contributed by atoms with Crippen molar-refractivity contribution >= 4 is 46.1 Å². The van der Waals surface area contributed by atoms with Crippen LogP contribution in [0.25, 0.3) is 10.8 Å². The van der Waals surface area contributed by atoms with Crippen LogP contribution < -0.4 is 10.2 Å². The molecule has 1 atom stereocenters. The first-order chi connectivity index (χ1) is 12.5. The molecule has 1 N–H and O–H groups in total. The van der Waals surface area contributed by atoms with Gasteiger partial charge in [-0.15, -0.1) is 0 Å². The fraction of sp³-hybridized carbons (Fsp3) is 0.100. The summed E-state index contributed by atoms with van der Waals surface area (Å²) in [5, 5.41) is 6.87. The van der Waals surface area contributed by atoms with Gasteiger partial charge in [0.15, 0.2) is 6.10 Å². The molecule has 0 bridgehead atoms. The van der Waals surface area contributed by atoms with Crippen molar-refractivity contribution < 1.29 is 9.53 Å². The summed E-state index contributed by atoms with van der Waals surface area (Å²) in [6.45, 7) is 1.66. The van der Waals surface area contributed by atoms with Crippen molar-refractivity contribution in [1.82, 2.24) is 5.43 Å². The smallest absolute Gasteiger partial charge is 0.280 e. The van der Waals surface area contributed by atoms with Crippen LogP contribution in [0.4, 0.5) is 0 Å². The van der Waals surface area contributed by atoms with Gasteiger partial charge in [-0.3, -0.25) is 4.79 Å². The summed E-state index contributed by atoms with van der Waals surface area (Å²) < 4.78 is 5.70. The number of nitrogens with zero attached hydrogens (tertiary/aromatic N) is 1. The Hall–Kier alpha value is -2.56. The van der Waals surface area contributed by atoms with Crippen LogP contribution in [0.3, 0.4) is 0 Å². The second kappa shape index (κ2) is 8.21. The topological polar surface area (TPSA) is 50.7 Å². The molecule has 0 saturated carbocycles. The molecule has 1 amide bonds. The molecule has 3 aromatic carbocycles. The van der Waals surface area contributed by atoms with Crippen LogP contribution in [-0.4, -0.2) is 18.2 Å². The number of hydrogen-bond acceptors (Lipinski definition) is 3. The molecule has 0 saturated heterocycles. The average molecular weight is 387 g/mol. The molecule has 0 spiro atoms. The van der Waals surface area contributed by atoms with Crippen molar-refractivity contribution in [3.8, 4) is 5.75 Å². The minimum absolute atomic E-state index is 0.368. The van der Waals surface area contributed by atoms with Gasteiger partial charge in [-0.25, -0.2) is 5.43 Å². The van der Waals surface area contributed by atoms with Gasteiger partial charge in [-0.2, -0.15) is 5.10 Å². The van der Waals surface area contributed by atoms with E-state index in [0.29, 0.717) is 21.4 Å². The van der Waals surface area contributed by atoms with Gasteiger partial charge in [-0.1, -0.05) is 65.7 Å². The van der Waals surface area contributed by atoms with Crippen molar-refractivity contribution in [2.24, 2.45) is 5.10 Å². The number of nitrogens with one attached hydrogen (secondary N) is 1. The molecule has 0 radical (unpaired) electrons. The van der Waals surface area contributed by atoms with E-state index in [1.807, 2.05) is 42.5 Å². The van der Waals surface area contributed by atoms with Crippen LogP contribution in [0, 0.1) is 0 Å². The van der Waals surface area contributed by atoms with E-state index in [0.717, 1.165) is 10.8 Å². The molecule has 0 aliphatic carbocycles. The standard InChI is InChI=1S/C20H16Cl2N2O2/c1-13(26-17-10-9-14-5-2-3-6-15(14)11-17)20(25)24-23-12-16-7-4-8-18(21)19(16)22/h2-13H,1H3,(H,24,25). The summed E-state index contributed by atoms with van der Waals surface area (Å²) in [5.41, 5.74) is 3.05. The maximum absolute atomic E-state index is 12.1. The third kappa shape index (κ3) is 4.34. The molecule has 1 unspecified atom stereocenters. The number of carbonyl (C=O) groups is 1. The molecule has 26 heavy (non-hydrogen) atoms. The highest BCUT2D eigenvalue weighted by molar-refractivity contribution is 6.43. The number of carbonyl (C=O) groups excluding carboxylic acids is 1. The van der Waals surface area contributed by atoms with Gasteiger partial charge in [0, 0.05) is 5.56 Å². The fourth-order valence-corrected chi connectivity index (χ4v) is 2.73. The van der Waals surface area contributed by atoms with Crippen molar-refractivity contribution in [2.75, 3.05) is 0 Å². The van der Waals surface area contributed by atoms with Crippen LogP contribution in [0.15, 0.2) is 65.8 Å². The second-order valence-electron chi connectivity index (χ2n) is 5.65. The van der Waals surface area contributed by atoms with Gasteiger partial charge in [0.1, 0.15) is 5.75 Å². The normalized spacial score (nSPS) is 12.3. The minimum Gasteiger partial charge on any atom is -0.481 e. The highest BCUT2D eigenvalue weighted by Gasteiger charge is 2.14. The number of fused-ring (bicyclic) bond motifs is 1. The molecule has 0 fully saturated rings. The molecule has 0 aliphatic heterocycles. The summed E-state index contributed by atoms with van der Waals surface area (Å²) >= 11 is 12.0. The Labute approximate surface area is 161 Å². The highest BCUT2D eigenvalue weighted by Crippen LogP contribution is 2.24. The van der Waals surface area contributed by atoms with Crippen LogP contribution in [0.5, 0.6) is 5.75 Å². The first kappa shape index (κ1) is 18.2. The molecule has 0 heterocycles. The van der Waals surface area contributed by atoms with Crippen LogP contribution in [-0.2, 0) is 4.79 Å². The van der Waals surface area contributed by atoms with E-state index in [9.17, 15) is 4.79 Å². The molecular weight excluding hydrogens is 371 g/mol. The Morgan fingerprint density at radius 1 is 1.08 bits per heavy atom. The maximum Gasteiger partial charge on any atom is 0.280 e. The van der Waals surface area contributed by atoms with Crippen LogP contribution in [0.1, 0.15) is 12.5 Å². The third-order valence-electron chi connectivity index (χ3n) is 3.76. The summed E-state index contributed by atoms with van der Waals surface area (Å²) in [6, 6.07) is 18.8. The Morgan fingerprint density at radius 2 is 1.85 bits per heavy atom. The van der Waals surface area contributed by atoms with E-state index in [-0.39, 0.29) is 5.91 Å². The van der Waals surface area contributed by atoms with E-state index >= 15 is 0 Å². The van der Waals surface area contributed by atoms with E-state index in [1.54, 1.807) is 25.1 Å². The van der Waals surface area contributed by atoms with Crippen molar-refractivity contribution in [3.05, 3.63) is 76.3 Å². The number of amides is 1. The monoisotopic (exact) mass is 386 g/mol. The maximum atomic E-state index is 12.1. The number of halogens is 2. The zero-order valence-electron chi connectivity index (χ0n) is 13.9. The largest absolute Gasteiger partial charge is 0.481 e. The molecule has 6 heteroatoms.